The van der Waals surface area contributed by atoms with Crippen molar-refractivity contribution in [2.24, 2.45) is 0 Å². The van der Waals surface area contributed by atoms with E-state index in [1.165, 1.54) is 16.7 Å². The second kappa shape index (κ2) is 7.58. The lowest BCUT2D eigenvalue weighted by Crippen LogP contribution is -2.30. The molecule has 0 bridgehead atoms. The van der Waals surface area contributed by atoms with Crippen LogP contribution < -0.4 is 19.5 Å². The van der Waals surface area contributed by atoms with Crippen molar-refractivity contribution in [2.45, 2.75) is 25.3 Å². The average molecular weight is 327 g/mol. The van der Waals surface area contributed by atoms with Crippen molar-refractivity contribution < 1.29 is 14.2 Å². The van der Waals surface area contributed by atoms with E-state index >= 15 is 0 Å². The molecule has 0 radical (unpaired) electrons. The predicted octanol–water partition coefficient (Wildman–Crippen LogP) is 3.53. The molecular weight excluding hydrogens is 302 g/mol. The van der Waals surface area contributed by atoms with E-state index in [4.69, 9.17) is 14.2 Å². The molecule has 1 atom stereocenters. The summed E-state index contributed by atoms with van der Waals surface area (Å²) >= 11 is 0. The first-order chi connectivity index (χ1) is 11.8. The molecule has 0 unspecified atom stereocenters. The zero-order valence-corrected chi connectivity index (χ0v) is 14.6. The van der Waals surface area contributed by atoms with E-state index < -0.39 is 0 Å². The van der Waals surface area contributed by atoms with Gasteiger partial charge >= 0.3 is 0 Å². The highest BCUT2D eigenvalue weighted by molar-refractivity contribution is 5.49. The first-order valence-corrected chi connectivity index (χ1v) is 8.37. The van der Waals surface area contributed by atoms with Crippen molar-refractivity contribution in [1.82, 2.24) is 5.32 Å². The van der Waals surface area contributed by atoms with E-state index in [0.717, 1.165) is 43.1 Å². The monoisotopic (exact) mass is 327 g/mol. The summed E-state index contributed by atoms with van der Waals surface area (Å²) in [5.74, 6) is 2.56. The van der Waals surface area contributed by atoms with Crippen LogP contribution in [0.1, 0.15) is 29.2 Å². The fourth-order valence-corrected chi connectivity index (χ4v) is 3.44. The fraction of sp³-hybridized carbons (Fsp3) is 0.400. The summed E-state index contributed by atoms with van der Waals surface area (Å²) in [6.07, 6.45) is 3.00. The minimum absolute atomic E-state index is 0.318. The van der Waals surface area contributed by atoms with Gasteiger partial charge < -0.3 is 19.5 Å². The van der Waals surface area contributed by atoms with Gasteiger partial charge in [0.25, 0.3) is 0 Å². The highest BCUT2D eigenvalue weighted by Crippen LogP contribution is 2.36. The molecular formula is C20H25NO3. The van der Waals surface area contributed by atoms with Crippen LogP contribution in [-0.2, 0) is 12.8 Å². The van der Waals surface area contributed by atoms with Crippen LogP contribution in [0.3, 0.4) is 0 Å². The molecule has 0 aliphatic carbocycles. The summed E-state index contributed by atoms with van der Waals surface area (Å²) in [6.45, 7) is 0.985. The van der Waals surface area contributed by atoms with Gasteiger partial charge in [0.15, 0.2) is 11.5 Å². The summed E-state index contributed by atoms with van der Waals surface area (Å²) in [6, 6.07) is 12.8. The fourth-order valence-electron chi connectivity index (χ4n) is 3.44. The largest absolute Gasteiger partial charge is 0.496 e. The average Bonchev–Trinajstić information content (AvgIpc) is 2.65. The van der Waals surface area contributed by atoms with Crippen LogP contribution in [0.5, 0.6) is 17.2 Å². The van der Waals surface area contributed by atoms with Crippen LogP contribution in [-0.4, -0.2) is 27.9 Å². The summed E-state index contributed by atoms with van der Waals surface area (Å²) in [7, 11) is 5.10. The van der Waals surface area contributed by atoms with Gasteiger partial charge in [-0.1, -0.05) is 18.2 Å². The van der Waals surface area contributed by atoms with Crippen molar-refractivity contribution in [1.29, 1.82) is 0 Å². The lowest BCUT2D eigenvalue weighted by molar-refractivity contribution is 0.351. The molecule has 4 heteroatoms. The maximum atomic E-state index is 5.48. The Morgan fingerprint density at radius 3 is 2.42 bits per heavy atom. The van der Waals surface area contributed by atoms with Gasteiger partial charge in [0, 0.05) is 6.04 Å². The number of hydrogen-bond donors (Lipinski definition) is 1. The predicted molar refractivity (Wildman–Crippen MR) is 95.3 cm³/mol. The van der Waals surface area contributed by atoms with Crippen LogP contribution in [0.4, 0.5) is 0 Å². The van der Waals surface area contributed by atoms with Gasteiger partial charge in [0.05, 0.1) is 21.3 Å². The smallest absolute Gasteiger partial charge is 0.161 e. The van der Waals surface area contributed by atoms with E-state index in [2.05, 4.69) is 29.6 Å². The summed E-state index contributed by atoms with van der Waals surface area (Å²) < 4.78 is 16.4. The standard InChI is InChI=1S/C20H25NO3/c1-22-18-7-5-4-6-14(18)8-9-17-16-13-20(24-3)19(23-2)12-15(16)10-11-21-17/h4-7,12-13,17,21H,8-11H2,1-3H3/t17-/m0/s1. The lowest BCUT2D eigenvalue weighted by Gasteiger charge is -2.28. The van der Waals surface area contributed by atoms with E-state index in [0.29, 0.717) is 6.04 Å². The number of para-hydroxylation sites is 1. The molecule has 0 amide bonds. The first-order valence-electron chi connectivity index (χ1n) is 8.37. The van der Waals surface area contributed by atoms with Crippen LogP contribution in [0.15, 0.2) is 36.4 Å². The highest BCUT2D eigenvalue weighted by atomic mass is 16.5. The number of fused-ring (bicyclic) bond motifs is 1. The SMILES string of the molecule is COc1ccccc1CC[C@@H]1NCCc2cc(OC)c(OC)cc21. The highest BCUT2D eigenvalue weighted by Gasteiger charge is 2.22. The molecule has 1 aliphatic heterocycles. The third kappa shape index (κ3) is 3.34. The second-order valence-corrected chi connectivity index (χ2v) is 6.01. The van der Waals surface area contributed by atoms with Crippen molar-refractivity contribution in [3.05, 3.63) is 53.1 Å². The molecule has 24 heavy (non-hydrogen) atoms. The first kappa shape index (κ1) is 16.7. The maximum absolute atomic E-state index is 5.48. The Labute approximate surface area is 143 Å². The maximum Gasteiger partial charge on any atom is 0.161 e. The molecule has 0 saturated heterocycles. The zero-order valence-electron chi connectivity index (χ0n) is 14.6. The Balaban J connectivity index is 1.81. The van der Waals surface area contributed by atoms with Crippen LogP contribution >= 0.6 is 0 Å². The van der Waals surface area contributed by atoms with Gasteiger partial charge in [-0.25, -0.2) is 0 Å². The van der Waals surface area contributed by atoms with Crippen molar-refractivity contribution in [3.63, 3.8) is 0 Å². The van der Waals surface area contributed by atoms with Crippen LogP contribution in [0, 0.1) is 0 Å². The summed E-state index contributed by atoms with van der Waals surface area (Å²) in [4.78, 5) is 0. The molecule has 1 heterocycles. The van der Waals surface area contributed by atoms with E-state index in [-0.39, 0.29) is 0 Å². The van der Waals surface area contributed by atoms with Gasteiger partial charge in [0.2, 0.25) is 0 Å². The Morgan fingerprint density at radius 2 is 1.67 bits per heavy atom. The van der Waals surface area contributed by atoms with Gasteiger partial charge in [-0.15, -0.1) is 0 Å². The Hall–Kier alpha value is -2.20. The summed E-state index contributed by atoms with van der Waals surface area (Å²) in [5, 5.41) is 3.63. The third-order valence-corrected chi connectivity index (χ3v) is 4.70. The molecule has 0 spiro atoms. The van der Waals surface area contributed by atoms with Crippen molar-refractivity contribution in [2.75, 3.05) is 27.9 Å². The Bertz CT molecular complexity index is 699. The number of aryl methyl sites for hydroxylation is 1. The molecule has 1 N–H and O–H groups in total. The quantitative estimate of drug-likeness (QED) is 0.881. The normalized spacial score (nSPS) is 16.4. The minimum atomic E-state index is 0.318. The molecule has 2 aromatic rings. The number of rotatable bonds is 6. The van der Waals surface area contributed by atoms with Gasteiger partial charge in [-0.05, 0) is 60.7 Å². The molecule has 128 valence electrons. The minimum Gasteiger partial charge on any atom is -0.496 e. The number of nitrogens with one attached hydrogen (secondary N) is 1. The Morgan fingerprint density at radius 1 is 0.958 bits per heavy atom. The van der Waals surface area contributed by atoms with Crippen molar-refractivity contribution >= 4 is 0 Å². The zero-order chi connectivity index (χ0) is 16.9. The number of hydrogen-bond acceptors (Lipinski definition) is 4. The van der Waals surface area contributed by atoms with E-state index in [1.54, 1.807) is 21.3 Å². The third-order valence-electron chi connectivity index (χ3n) is 4.70. The number of methoxy groups -OCH3 is 3. The lowest BCUT2D eigenvalue weighted by atomic mass is 9.90. The van der Waals surface area contributed by atoms with E-state index in [9.17, 15) is 0 Å². The van der Waals surface area contributed by atoms with Crippen LogP contribution in [0.2, 0.25) is 0 Å². The number of ether oxygens (including phenoxy) is 3. The molecule has 2 aromatic carbocycles. The van der Waals surface area contributed by atoms with Crippen molar-refractivity contribution in [3.8, 4) is 17.2 Å². The molecule has 4 nitrogen and oxygen atoms in total. The van der Waals surface area contributed by atoms with Gasteiger partial charge in [-0.2, -0.15) is 0 Å². The molecule has 0 aromatic heterocycles. The molecule has 3 rings (SSSR count). The molecule has 0 saturated carbocycles. The van der Waals surface area contributed by atoms with Gasteiger partial charge in [0.1, 0.15) is 5.75 Å². The topological polar surface area (TPSA) is 39.7 Å². The Kier molecular flexibility index (Phi) is 5.26. The molecule has 0 fully saturated rings. The van der Waals surface area contributed by atoms with Gasteiger partial charge in [-0.3, -0.25) is 0 Å². The van der Waals surface area contributed by atoms with E-state index in [1.807, 2.05) is 12.1 Å². The molecule has 1 aliphatic rings. The van der Waals surface area contributed by atoms with Crippen LogP contribution in [0.25, 0.3) is 0 Å². The summed E-state index contributed by atoms with van der Waals surface area (Å²) in [5.41, 5.74) is 3.90. The number of benzene rings is 2. The second-order valence-electron chi connectivity index (χ2n) is 6.01.